The molecule has 1 aliphatic rings. The second kappa shape index (κ2) is 9.07. The molecule has 31 heavy (non-hydrogen) atoms. The van der Waals surface area contributed by atoms with Crippen LogP contribution in [0.15, 0.2) is 29.1 Å². The summed E-state index contributed by atoms with van der Waals surface area (Å²) < 4.78 is 5.75. The fourth-order valence-electron chi connectivity index (χ4n) is 3.87. The van der Waals surface area contributed by atoms with Crippen LogP contribution in [0.5, 0.6) is 5.75 Å². The highest BCUT2D eigenvalue weighted by molar-refractivity contribution is 7.18. The van der Waals surface area contributed by atoms with E-state index in [4.69, 9.17) is 4.74 Å². The maximum absolute atomic E-state index is 12.8. The van der Waals surface area contributed by atoms with E-state index in [1.165, 1.54) is 4.88 Å². The second-order valence-corrected chi connectivity index (χ2v) is 9.80. The van der Waals surface area contributed by atoms with Crippen molar-refractivity contribution in [3.8, 4) is 11.8 Å². The Kier molecular flexibility index (Phi) is 6.24. The van der Waals surface area contributed by atoms with Crippen molar-refractivity contribution < 1.29 is 4.74 Å². The molecular formula is C25H27N3O2S. The summed E-state index contributed by atoms with van der Waals surface area (Å²) in [5.41, 5.74) is 2.19. The normalized spacial score (nSPS) is 16.4. The van der Waals surface area contributed by atoms with E-state index in [1.54, 1.807) is 17.4 Å². The molecule has 2 heterocycles. The van der Waals surface area contributed by atoms with Crippen LogP contribution in [0.3, 0.4) is 0 Å². The summed E-state index contributed by atoms with van der Waals surface area (Å²) in [5.74, 6) is 2.36. The number of thiophene rings is 1. The number of hydrogen-bond acceptors (Lipinski definition) is 5. The molecule has 0 fully saturated rings. The number of fused-ring (bicyclic) bond motifs is 3. The van der Waals surface area contributed by atoms with Gasteiger partial charge in [0.25, 0.3) is 5.56 Å². The van der Waals surface area contributed by atoms with Gasteiger partial charge in [0.2, 0.25) is 0 Å². The SMILES string of the molecule is CC(C)CCOc1ccc(/C=C(\C#N)c2nc3sc4c(c3c(=O)[nH]2)CC[C@H](C)C4)cc1. The molecule has 5 nitrogen and oxygen atoms in total. The minimum Gasteiger partial charge on any atom is -0.494 e. The first-order valence-corrected chi connectivity index (χ1v) is 11.7. The molecule has 0 unspecified atom stereocenters. The van der Waals surface area contributed by atoms with Crippen LogP contribution in [0, 0.1) is 23.2 Å². The molecule has 0 bridgehead atoms. The minimum absolute atomic E-state index is 0.151. The van der Waals surface area contributed by atoms with Crippen molar-refractivity contribution in [2.45, 2.75) is 46.5 Å². The summed E-state index contributed by atoms with van der Waals surface area (Å²) in [5, 5.41) is 10.4. The standard InChI is InChI=1S/C25H27N3O2S/c1-15(2)10-11-30-19-7-5-17(6-8-19)13-18(14-26)23-27-24(29)22-20-9-4-16(3)12-21(20)31-25(22)28-23/h5-8,13,15-16H,4,9-12H2,1-3H3,(H,27,28,29)/b18-13+/t16-/m0/s1. The molecule has 1 atom stereocenters. The van der Waals surface area contributed by atoms with Crippen LogP contribution >= 0.6 is 11.3 Å². The predicted octanol–water partition coefficient (Wildman–Crippen LogP) is 5.60. The van der Waals surface area contributed by atoms with Crippen LogP contribution < -0.4 is 10.3 Å². The molecule has 1 N–H and O–H groups in total. The number of nitriles is 1. The molecular weight excluding hydrogens is 406 g/mol. The maximum Gasteiger partial charge on any atom is 0.260 e. The molecule has 2 aromatic heterocycles. The Balaban J connectivity index is 1.61. The van der Waals surface area contributed by atoms with Crippen molar-refractivity contribution in [1.82, 2.24) is 9.97 Å². The Morgan fingerprint density at radius 2 is 2.16 bits per heavy atom. The molecule has 0 aliphatic heterocycles. The summed E-state index contributed by atoms with van der Waals surface area (Å²) in [6, 6.07) is 9.80. The summed E-state index contributed by atoms with van der Waals surface area (Å²) in [4.78, 5) is 22.3. The molecule has 160 valence electrons. The third-order valence-corrected chi connectivity index (χ3v) is 6.84. The van der Waals surface area contributed by atoms with Gasteiger partial charge in [0.1, 0.15) is 16.6 Å². The fourth-order valence-corrected chi connectivity index (χ4v) is 5.25. The second-order valence-electron chi connectivity index (χ2n) is 8.72. The van der Waals surface area contributed by atoms with Gasteiger partial charge < -0.3 is 9.72 Å². The number of H-pyrrole nitrogens is 1. The number of aromatic nitrogens is 2. The van der Waals surface area contributed by atoms with E-state index in [1.807, 2.05) is 24.3 Å². The number of hydrogen-bond donors (Lipinski definition) is 1. The lowest BCUT2D eigenvalue weighted by molar-refractivity contribution is 0.289. The van der Waals surface area contributed by atoms with Crippen LogP contribution in [0.1, 0.15) is 55.4 Å². The smallest absolute Gasteiger partial charge is 0.260 e. The molecule has 0 saturated carbocycles. The lowest BCUT2D eigenvalue weighted by Gasteiger charge is -2.17. The molecule has 6 heteroatoms. The maximum atomic E-state index is 12.8. The molecule has 0 saturated heterocycles. The van der Waals surface area contributed by atoms with Crippen molar-refractivity contribution in [3.05, 3.63) is 56.4 Å². The van der Waals surface area contributed by atoms with Gasteiger partial charge in [0, 0.05) is 4.88 Å². The highest BCUT2D eigenvalue weighted by Crippen LogP contribution is 2.36. The fraction of sp³-hybridized carbons (Fsp3) is 0.400. The summed E-state index contributed by atoms with van der Waals surface area (Å²) >= 11 is 1.59. The summed E-state index contributed by atoms with van der Waals surface area (Å²) in [7, 11) is 0. The lowest BCUT2D eigenvalue weighted by atomic mass is 9.89. The third-order valence-electron chi connectivity index (χ3n) is 5.70. The third kappa shape index (κ3) is 4.72. The van der Waals surface area contributed by atoms with Crippen LogP contribution in [-0.2, 0) is 12.8 Å². The van der Waals surface area contributed by atoms with Crippen LogP contribution in [-0.4, -0.2) is 16.6 Å². The van der Waals surface area contributed by atoms with E-state index in [2.05, 4.69) is 36.8 Å². The van der Waals surface area contributed by atoms with E-state index >= 15 is 0 Å². The van der Waals surface area contributed by atoms with Gasteiger partial charge in [-0.3, -0.25) is 4.79 Å². The van der Waals surface area contributed by atoms with Gasteiger partial charge in [-0.2, -0.15) is 5.26 Å². The first-order valence-electron chi connectivity index (χ1n) is 10.8. The Labute approximate surface area is 186 Å². The predicted molar refractivity (Wildman–Crippen MR) is 126 cm³/mol. The van der Waals surface area contributed by atoms with E-state index < -0.39 is 0 Å². The Morgan fingerprint density at radius 3 is 2.87 bits per heavy atom. The topological polar surface area (TPSA) is 78.8 Å². The number of aromatic amines is 1. The molecule has 1 aliphatic carbocycles. The van der Waals surface area contributed by atoms with Gasteiger partial charge in [-0.15, -0.1) is 11.3 Å². The molecule has 1 aromatic carbocycles. The van der Waals surface area contributed by atoms with Crippen molar-refractivity contribution in [1.29, 1.82) is 5.26 Å². The quantitative estimate of drug-likeness (QED) is 0.513. The minimum atomic E-state index is -0.151. The number of ether oxygens (including phenoxy) is 1. The van der Waals surface area contributed by atoms with E-state index in [0.717, 1.165) is 47.4 Å². The molecule has 0 radical (unpaired) electrons. The first kappa shape index (κ1) is 21.3. The summed E-state index contributed by atoms with van der Waals surface area (Å²) in [6.07, 6.45) is 5.77. The van der Waals surface area contributed by atoms with Crippen molar-refractivity contribution in [2.75, 3.05) is 6.61 Å². The zero-order valence-corrected chi connectivity index (χ0v) is 19.0. The molecule has 0 spiro atoms. The van der Waals surface area contributed by atoms with Crippen molar-refractivity contribution in [2.24, 2.45) is 11.8 Å². The van der Waals surface area contributed by atoms with Crippen LogP contribution in [0.25, 0.3) is 21.9 Å². The number of benzene rings is 1. The van der Waals surface area contributed by atoms with Crippen molar-refractivity contribution >= 4 is 33.2 Å². The van der Waals surface area contributed by atoms with Gasteiger partial charge in [-0.1, -0.05) is 32.9 Å². The number of nitrogens with one attached hydrogen (secondary N) is 1. The average Bonchev–Trinajstić information content (AvgIpc) is 3.10. The Bertz CT molecular complexity index is 1210. The van der Waals surface area contributed by atoms with E-state index in [-0.39, 0.29) is 5.56 Å². The van der Waals surface area contributed by atoms with Gasteiger partial charge in [0.05, 0.1) is 17.6 Å². The van der Waals surface area contributed by atoms with Gasteiger partial charge in [-0.05, 0) is 66.9 Å². The van der Waals surface area contributed by atoms with Crippen LogP contribution in [0.2, 0.25) is 0 Å². The summed E-state index contributed by atoms with van der Waals surface area (Å²) in [6.45, 7) is 7.27. The van der Waals surface area contributed by atoms with Crippen molar-refractivity contribution in [3.63, 3.8) is 0 Å². The van der Waals surface area contributed by atoms with E-state index in [9.17, 15) is 10.1 Å². The average molecular weight is 434 g/mol. The van der Waals surface area contributed by atoms with Gasteiger partial charge in [-0.25, -0.2) is 4.98 Å². The number of aryl methyl sites for hydroxylation is 1. The lowest BCUT2D eigenvalue weighted by Crippen LogP contribution is -2.14. The van der Waals surface area contributed by atoms with Gasteiger partial charge in [0.15, 0.2) is 5.82 Å². The highest BCUT2D eigenvalue weighted by Gasteiger charge is 2.23. The Hall–Kier alpha value is -2.91. The van der Waals surface area contributed by atoms with Gasteiger partial charge >= 0.3 is 0 Å². The number of allylic oxidation sites excluding steroid dienone is 1. The zero-order chi connectivity index (χ0) is 22.0. The monoisotopic (exact) mass is 433 g/mol. The van der Waals surface area contributed by atoms with E-state index in [0.29, 0.717) is 35.2 Å². The number of rotatable bonds is 6. The Morgan fingerprint density at radius 1 is 1.39 bits per heavy atom. The first-order chi connectivity index (χ1) is 14.9. The molecule has 3 aromatic rings. The number of nitrogens with zero attached hydrogens (tertiary/aromatic N) is 2. The highest BCUT2D eigenvalue weighted by atomic mass is 32.1. The largest absolute Gasteiger partial charge is 0.494 e. The zero-order valence-electron chi connectivity index (χ0n) is 18.2. The molecule has 4 rings (SSSR count). The van der Waals surface area contributed by atoms with Crippen LogP contribution in [0.4, 0.5) is 0 Å². The molecule has 0 amide bonds.